The average Bonchev–Trinajstić information content (AvgIpc) is 3.20. The third-order valence-corrected chi connectivity index (χ3v) is 7.41. The van der Waals surface area contributed by atoms with Gasteiger partial charge in [-0.05, 0) is 55.6 Å². The number of nitrogens with one attached hydrogen (secondary N) is 1. The van der Waals surface area contributed by atoms with Crippen LogP contribution in [-0.4, -0.2) is 49.2 Å². The number of ether oxygens (including phenoxy) is 1. The van der Waals surface area contributed by atoms with Crippen molar-refractivity contribution in [3.8, 4) is 0 Å². The number of benzene rings is 1. The van der Waals surface area contributed by atoms with E-state index in [1.54, 1.807) is 0 Å². The van der Waals surface area contributed by atoms with E-state index in [2.05, 4.69) is 60.5 Å². The average molecular weight is 397 g/mol. The van der Waals surface area contributed by atoms with E-state index < -0.39 is 0 Å². The molecule has 1 aromatic rings. The van der Waals surface area contributed by atoms with Crippen molar-refractivity contribution in [2.24, 2.45) is 11.3 Å². The van der Waals surface area contributed by atoms with Crippen molar-refractivity contribution >= 4 is 11.5 Å². The molecule has 1 unspecified atom stereocenters. The van der Waals surface area contributed by atoms with Gasteiger partial charge in [-0.2, -0.15) is 0 Å². The third-order valence-electron chi connectivity index (χ3n) is 7.41. The van der Waals surface area contributed by atoms with Crippen LogP contribution in [0.5, 0.6) is 0 Å². The van der Waals surface area contributed by atoms with Crippen molar-refractivity contribution < 1.29 is 9.53 Å². The van der Waals surface area contributed by atoms with Crippen LogP contribution in [0.4, 0.5) is 0 Å². The maximum Gasteiger partial charge on any atom is 0.229 e. The molecule has 2 aliphatic heterocycles. The van der Waals surface area contributed by atoms with Gasteiger partial charge in [-0.3, -0.25) is 4.79 Å². The molecule has 1 aliphatic carbocycles. The molecule has 0 spiro atoms. The maximum atomic E-state index is 13.7. The Balaban J connectivity index is 1.41. The van der Waals surface area contributed by atoms with E-state index in [1.165, 1.54) is 11.1 Å². The van der Waals surface area contributed by atoms with Crippen molar-refractivity contribution in [1.29, 1.82) is 0 Å². The van der Waals surface area contributed by atoms with Crippen LogP contribution >= 0.6 is 0 Å². The molecule has 1 amide bonds. The lowest BCUT2D eigenvalue weighted by atomic mass is 9.74. The van der Waals surface area contributed by atoms with E-state index in [-0.39, 0.29) is 5.41 Å². The zero-order valence-electron chi connectivity index (χ0n) is 18.0. The summed E-state index contributed by atoms with van der Waals surface area (Å²) >= 11 is 0. The fourth-order valence-electron chi connectivity index (χ4n) is 5.46. The fourth-order valence-corrected chi connectivity index (χ4v) is 5.46. The molecular weight excluding hydrogens is 360 g/mol. The Labute approximate surface area is 175 Å². The van der Waals surface area contributed by atoms with Crippen molar-refractivity contribution in [2.45, 2.75) is 64.5 Å². The SMILES string of the molecule is CC(C)[C@]1(C(=O)N2CC=C(c3ccccc3)CC2)CCC(NC2CCOCC2)C1. The van der Waals surface area contributed by atoms with Gasteiger partial charge in [0, 0.05) is 38.4 Å². The lowest BCUT2D eigenvalue weighted by molar-refractivity contribution is -0.144. The molecule has 2 heterocycles. The lowest BCUT2D eigenvalue weighted by Gasteiger charge is -2.39. The van der Waals surface area contributed by atoms with Gasteiger partial charge in [0.15, 0.2) is 0 Å². The molecule has 29 heavy (non-hydrogen) atoms. The molecule has 1 saturated heterocycles. The summed E-state index contributed by atoms with van der Waals surface area (Å²) in [5.74, 6) is 0.753. The third kappa shape index (κ3) is 4.44. The van der Waals surface area contributed by atoms with E-state index >= 15 is 0 Å². The molecule has 0 aromatic heterocycles. The highest BCUT2D eigenvalue weighted by Crippen LogP contribution is 2.46. The molecule has 1 saturated carbocycles. The second kappa shape index (κ2) is 9.01. The minimum absolute atomic E-state index is 0.207. The summed E-state index contributed by atoms with van der Waals surface area (Å²) < 4.78 is 5.50. The van der Waals surface area contributed by atoms with E-state index in [1.807, 2.05) is 0 Å². The minimum atomic E-state index is -0.207. The summed E-state index contributed by atoms with van der Waals surface area (Å²) in [4.78, 5) is 15.8. The lowest BCUT2D eigenvalue weighted by Crippen LogP contribution is -2.48. The van der Waals surface area contributed by atoms with Crippen LogP contribution in [-0.2, 0) is 9.53 Å². The second-order valence-corrected chi connectivity index (χ2v) is 9.40. The smallest absolute Gasteiger partial charge is 0.229 e. The predicted octanol–water partition coefficient (Wildman–Crippen LogP) is 4.27. The molecule has 0 radical (unpaired) electrons. The molecule has 2 fully saturated rings. The second-order valence-electron chi connectivity index (χ2n) is 9.40. The van der Waals surface area contributed by atoms with Gasteiger partial charge < -0.3 is 15.0 Å². The van der Waals surface area contributed by atoms with E-state index in [4.69, 9.17) is 4.74 Å². The molecule has 4 nitrogen and oxygen atoms in total. The number of carbonyl (C=O) groups is 1. The molecule has 1 N–H and O–H groups in total. The fraction of sp³-hybridized carbons (Fsp3) is 0.640. The van der Waals surface area contributed by atoms with Gasteiger partial charge in [-0.1, -0.05) is 50.3 Å². The zero-order chi connectivity index (χ0) is 20.3. The number of amides is 1. The monoisotopic (exact) mass is 396 g/mol. The molecular formula is C25H36N2O2. The first-order valence-electron chi connectivity index (χ1n) is 11.5. The Bertz CT molecular complexity index is 724. The van der Waals surface area contributed by atoms with Gasteiger partial charge >= 0.3 is 0 Å². The first-order valence-corrected chi connectivity index (χ1v) is 11.5. The van der Waals surface area contributed by atoms with Crippen LogP contribution in [0.15, 0.2) is 36.4 Å². The first-order chi connectivity index (χ1) is 14.1. The normalized spacial score (nSPS) is 28.6. The summed E-state index contributed by atoms with van der Waals surface area (Å²) in [6.07, 6.45) is 8.50. The summed E-state index contributed by atoms with van der Waals surface area (Å²) in [7, 11) is 0. The van der Waals surface area contributed by atoms with Gasteiger partial charge in [0.2, 0.25) is 5.91 Å². The van der Waals surface area contributed by atoms with Crippen LogP contribution in [0.25, 0.3) is 5.57 Å². The van der Waals surface area contributed by atoms with Crippen LogP contribution in [0.2, 0.25) is 0 Å². The van der Waals surface area contributed by atoms with E-state index in [0.29, 0.717) is 23.9 Å². The molecule has 2 atom stereocenters. The number of carbonyl (C=O) groups excluding carboxylic acids is 1. The van der Waals surface area contributed by atoms with Gasteiger partial charge in [0.1, 0.15) is 0 Å². The summed E-state index contributed by atoms with van der Waals surface area (Å²) in [5, 5.41) is 3.85. The first kappa shape index (κ1) is 20.6. The topological polar surface area (TPSA) is 41.6 Å². The Morgan fingerprint density at radius 2 is 1.90 bits per heavy atom. The van der Waals surface area contributed by atoms with Crippen LogP contribution < -0.4 is 5.32 Å². The Morgan fingerprint density at radius 1 is 1.14 bits per heavy atom. The highest BCUT2D eigenvalue weighted by atomic mass is 16.5. The Morgan fingerprint density at radius 3 is 2.55 bits per heavy atom. The van der Waals surface area contributed by atoms with Gasteiger partial charge in [0.25, 0.3) is 0 Å². The largest absolute Gasteiger partial charge is 0.381 e. The van der Waals surface area contributed by atoms with Crippen molar-refractivity contribution in [3.63, 3.8) is 0 Å². The number of hydrogen-bond donors (Lipinski definition) is 1. The zero-order valence-corrected chi connectivity index (χ0v) is 18.0. The predicted molar refractivity (Wildman–Crippen MR) is 118 cm³/mol. The number of hydrogen-bond acceptors (Lipinski definition) is 3. The van der Waals surface area contributed by atoms with Crippen LogP contribution in [0.1, 0.15) is 57.9 Å². The summed E-state index contributed by atoms with van der Waals surface area (Å²) in [6, 6.07) is 11.6. The Hall–Kier alpha value is -1.65. The molecule has 0 bridgehead atoms. The van der Waals surface area contributed by atoms with E-state index in [9.17, 15) is 4.79 Å². The highest BCUT2D eigenvalue weighted by Gasteiger charge is 2.49. The quantitative estimate of drug-likeness (QED) is 0.808. The number of nitrogens with zero attached hydrogens (tertiary/aromatic N) is 1. The molecule has 4 rings (SSSR count). The highest BCUT2D eigenvalue weighted by molar-refractivity contribution is 5.84. The van der Waals surface area contributed by atoms with E-state index in [0.717, 1.165) is 64.8 Å². The maximum absolute atomic E-state index is 13.7. The standard InChI is InChI=1S/C25H36N2O2/c1-19(2)25(13-8-23(18-25)26-22-11-16-29-17-12-22)24(28)27-14-9-21(10-15-27)20-6-4-3-5-7-20/h3-7,9,19,22-23,26H,8,10-18H2,1-2H3/t23?,25-/m0/s1. The molecule has 1 aromatic carbocycles. The molecule has 4 heteroatoms. The summed E-state index contributed by atoms with van der Waals surface area (Å²) in [5.41, 5.74) is 2.46. The Kier molecular flexibility index (Phi) is 6.41. The van der Waals surface area contributed by atoms with Gasteiger partial charge in [-0.25, -0.2) is 0 Å². The van der Waals surface area contributed by atoms with Crippen molar-refractivity contribution in [1.82, 2.24) is 10.2 Å². The van der Waals surface area contributed by atoms with Crippen molar-refractivity contribution in [3.05, 3.63) is 42.0 Å². The van der Waals surface area contributed by atoms with Crippen LogP contribution in [0, 0.1) is 11.3 Å². The van der Waals surface area contributed by atoms with Crippen molar-refractivity contribution in [2.75, 3.05) is 26.3 Å². The molecule has 158 valence electrons. The van der Waals surface area contributed by atoms with Gasteiger partial charge in [-0.15, -0.1) is 0 Å². The molecule has 3 aliphatic rings. The summed E-state index contributed by atoms with van der Waals surface area (Å²) in [6.45, 7) is 7.79. The van der Waals surface area contributed by atoms with Crippen LogP contribution in [0.3, 0.4) is 0 Å². The van der Waals surface area contributed by atoms with Gasteiger partial charge in [0.05, 0.1) is 5.41 Å². The minimum Gasteiger partial charge on any atom is -0.381 e. The number of rotatable bonds is 5.